The van der Waals surface area contributed by atoms with Crippen molar-refractivity contribution >= 4 is 17.9 Å². The number of aromatic nitrogens is 2. The van der Waals surface area contributed by atoms with E-state index in [2.05, 4.69) is 10.4 Å². The fraction of sp³-hybridized carbons (Fsp3) is 0.263. The van der Waals surface area contributed by atoms with Crippen LogP contribution < -0.4 is 19.5 Å². The van der Waals surface area contributed by atoms with Gasteiger partial charge in [0.05, 0.1) is 21.3 Å². The van der Waals surface area contributed by atoms with Crippen LogP contribution in [0, 0.1) is 11.8 Å². The molecule has 1 aromatic heterocycles. The molecule has 0 amide bonds. The third-order valence-electron chi connectivity index (χ3n) is 4.00. The van der Waals surface area contributed by atoms with Gasteiger partial charge >= 0.3 is 0 Å². The summed E-state index contributed by atoms with van der Waals surface area (Å²) in [5.41, 5.74) is 2.84. The largest absolute Gasteiger partial charge is 0.493 e. The van der Waals surface area contributed by atoms with Crippen molar-refractivity contribution in [2.75, 3.05) is 26.6 Å². The average molecular weight is 387 g/mol. The van der Waals surface area contributed by atoms with E-state index in [0.29, 0.717) is 35.4 Å². The zero-order valence-corrected chi connectivity index (χ0v) is 16.4. The number of rotatable bonds is 7. The Kier molecular flexibility index (Phi) is 5.66. The summed E-state index contributed by atoms with van der Waals surface area (Å²) in [6, 6.07) is 11.6. The molecule has 0 aliphatic rings. The van der Waals surface area contributed by atoms with Crippen LogP contribution in [0.1, 0.15) is 5.56 Å². The maximum atomic E-state index is 5.66. The molecule has 7 nitrogen and oxygen atoms in total. The van der Waals surface area contributed by atoms with Crippen LogP contribution in [0.3, 0.4) is 0 Å². The molecule has 0 atom stereocenters. The molecule has 0 fully saturated rings. The number of nitrogens with zero attached hydrogens (tertiary/aromatic N) is 2. The molecular formula is C19H21N3O4S. The fourth-order valence-corrected chi connectivity index (χ4v) is 2.75. The molecule has 1 heterocycles. The molecule has 8 heteroatoms. The molecule has 0 aliphatic heterocycles. The van der Waals surface area contributed by atoms with Gasteiger partial charge in [0, 0.05) is 11.3 Å². The SMILES string of the molecule is COc1cc(-c2nn(CNc3ccc(C)cc3)c(=S)o2)cc(OC)c1OC. The molecule has 0 aliphatic carbocycles. The number of hydrogen-bond donors (Lipinski definition) is 1. The zero-order valence-electron chi connectivity index (χ0n) is 15.6. The van der Waals surface area contributed by atoms with Gasteiger partial charge in [0.15, 0.2) is 11.5 Å². The molecule has 142 valence electrons. The average Bonchev–Trinajstić information content (AvgIpc) is 3.07. The number of methoxy groups -OCH3 is 3. The van der Waals surface area contributed by atoms with Gasteiger partial charge in [-0.25, -0.2) is 4.68 Å². The first-order valence-corrected chi connectivity index (χ1v) is 8.65. The van der Waals surface area contributed by atoms with Gasteiger partial charge in [-0.1, -0.05) is 17.7 Å². The summed E-state index contributed by atoms with van der Waals surface area (Å²) in [7, 11) is 4.67. The van der Waals surface area contributed by atoms with E-state index < -0.39 is 0 Å². The second-order valence-corrected chi connectivity index (χ2v) is 6.14. The summed E-state index contributed by atoms with van der Waals surface area (Å²) in [6.45, 7) is 2.43. The molecule has 0 spiro atoms. The molecule has 2 aromatic carbocycles. The maximum Gasteiger partial charge on any atom is 0.289 e. The van der Waals surface area contributed by atoms with E-state index in [4.69, 9.17) is 30.8 Å². The lowest BCUT2D eigenvalue weighted by atomic mass is 10.2. The third-order valence-corrected chi connectivity index (χ3v) is 4.30. The monoisotopic (exact) mass is 387 g/mol. The summed E-state index contributed by atoms with van der Waals surface area (Å²) >= 11 is 5.29. The second-order valence-electron chi connectivity index (χ2n) is 5.79. The Morgan fingerprint density at radius 3 is 2.22 bits per heavy atom. The second kappa shape index (κ2) is 8.13. The Morgan fingerprint density at radius 1 is 1.04 bits per heavy atom. The highest BCUT2D eigenvalue weighted by molar-refractivity contribution is 7.71. The molecular weight excluding hydrogens is 366 g/mol. The lowest BCUT2D eigenvalue weighted by Crippen LogP contribution is -2.09. The van der Waals surface area contributed by atoms with Crippen LogP contribution in [0.15, 0.2) is 40.8 Å². The van der Waals surface area contributed by atoms with Crippen molar-refractivity contribution in [1.82, 2.24) is 9.78 Å². The van der Waals surface area contributed by atoms with Crippen LogP contribution in [0.4, 0.5) is 5.69 Å². The molecule has 1 N–H and O–H groups in total. The first-order valence-electron chi connectivity index (χ1n) is 8.24. The topological polar surface area (TPSA) is 70.7 Å². The van der Waals surface area contributed by atoms with Gasteiger partial charge in [-0.2, -0.15) is 0 Å². The number of benzene rings is 2. The minimum absolute atomic E-state index is 0.262. The number of hydrogen-bond acceptors (Lipinski definition) is 7. The predicted molar refractivity (Wildman–Crippen MR) is 105 cm³/mol. The molecule has 3 rings (SSSR count). The van der Waals surface area contributed by atoms with Crippen LogP contribution in [-0.2, 0) is 6.67 Å². The molecule has 3 aromatic rings. The Morgan fingerprint density at radius 2 is 1.67 bits per heavy atom. The molecule has 0 saturated heterocycles. The van der Waals surface area contributed by atoms with E-state index in [-0.39, 0.29) is 4.84 Å². The van der Waals surface area contributed by atoms with E-state index in [1.54, 1.807) is 38.1 Å². The van der Waals surface area contributed by atoms with E-state index in [0.717, 1.165) is 5.69 Å². The van der Waals surface area contributed by atoms with Crippen LogP contribution in [0.5, 0.6) is 17.2 Å². The van der Waals surface area contributed by atoms with Gasteiger partial charge in [0.1, 0.15) is 6.67 Å². The Bertz CT molecular complexity index is 954. The first kappa shape index (κ1) is 18.8. The fourth-order valence-electron chi connectivity index (χ4n) is 2.56. The van der Waals surface area contributed by atoms with Gasteiger partial charge in [-0.15, -0.1) is 5.10 Å². The number of ether oxygens (including phenoxy) is 3. The van der Waals surface area contributed by atoms with Gasteiger partial charge < -0.3 is 23.9 Å². The van der Waals surface area contributed by atoms with Crippen molar-refractivity contribution in [1.29, 1.82) is 0 Å². The highest BCUT2D eigenvalue weighted by Gasteiger charge is 2.17. The summed E-state index contributed by atoms with van der Waals surface area (Å²) in [4.78, 5) is 0.262. The van der Waals surface area contributed by atoms with E-state index in [1.807, 2.05) is 31.2 Å². The van der Waals surface area contributed by atoms with Crippen LogP contribution >= 0.6 is 12.2 Å². The summed E-state index contributed by atoms with van der Waals surface area (Å²) in [5.74, 6) is 1.90. The van der Waals surface area contributed by atoms with Crippen molar-refractivity contribution < 1.29 is 18.6 Å². The quantitative estimate of drug-likeness (QED) is 0.607. The maximum absolute atomic E-state index is 5.66. The number of nitrogens with one attached hydrogen (secondary N) is 1. The van der Waals surface area contributed by atoms with Crippen molar-refractivity contribution in [3.8, 4) is 28.7 Å². The van der Waals surface area contributed by atoms with Gasteiger partial charge in [-0.05, 0) is 43.4 Å². The van der Waals surface area contributed by atoms with E-state index in [9.17, 15) is 0 Å². The zero-order chi connectivity index (χ0) is 19.4. The van der Waals surface area contributed by atoms with Crippen molar-refractivity contribution in [2.45, 2.75) is 13.6 Å². The minimum Gasteiger partial charge on any atom is -0.493 e. The summed E-state index contributed by atoms with van der Waals surface area (Å²) in [6.07, 6.45) is 0. The lowest BCUT2D eigenvalue weighted by molar-refractivity contribution is 0.324. The molecule has 0 bridgehead atoms. The Hall–Kier alpha value is -3.00. The van der Waals surface area contributed by atoms with E-state index >= 15 is 0 Å². The molecule has 0 unspecified atom stereocenters. The first-order chi connectivity index (χ1) is 13.0. The minimum atomic E-state index is 0.262. The number of aryl methyl sites for hydroxylation is 1. The van der Waals surface area contributed by atoms with Crippen molar-refractivity contribution in [2.24, 2.45) is 0 Å². The van der Waals surface area contributed by atoms with Crippen molar-refractivity contribution in [3.05, 3.63) is 46.8 Å². The van der Waals surface area contributed by atoms with Crippen molar-refractivity contribution in [3.63, 3.8) is 0 Å². The summed E-state index contributed by atoms with van der Waals surface area (Å²) in [5, 5.41) is 7.71. The Balaban J connectivity index is 1.87. The van der Waals surface area contributed by atoms with Crippen LogP contribution in [-0.4, -0.2) is 31.1 Å². The number of anilines is 1. The molecule has 0 saturated carbocycles. The summed E-state index contributed by atoms with van der Waals surface area (Å²) < 4.78 is 23.3. The Labute approximate surface area is 162 Å². The van der Waals surface area contributed by atoms with Crippen LogP contribution in [0.25, 0.3) is 11.5 Å². The van der Waals surface area contributed by atoms with Crippen LogP contribution in [0.2, 0.25) is 0 Å². The smallest absolute Gasteiger partial charge is 0.289 e. The molecule has 27 heavy (non-hydrogen) atoms. The predicted octanol–water partition coefficient (Wildman–Crippen LogP) is 4.28. The standard InChI is InChI=1S/C19H21N3O4S/c1-12-5-7-14(8-6-12)20-11-22-19(27)26-18(21-22)13-9-15(23-2)17(25-4)16(10-13)24-3/h5-10,20H,11H2,1-4H3. The molecule has 0 radical (unpaired) electrons. The lowest BCUT2D eigenvalue weighted by Gasteiger charge is -2.12. The highest BCUT2D eigenvalue weighted by atomic mass is 32.1. The van der Waals surface area contributed by atoms with E-state index in [1.165, 1.54) is 5.56 Å². The highest BCUT2D eigenvalue weighted by Crippen LogP contribution is 2.40. The normalized spacial score (nSPS) is 10.5. The third kappa shape index (κ3) is 4.06. The van der Waals surface area contributed by atoms with Gasteiger partial charge in [0.2, 0.25) is 11.6 Å². The van der Waals surface area contributed by atoms with Gasteiger partial charge in [-0.3, -0.25) is 0 Å². The van der Waals surface area contributed by atoms with Gasteiger partial charge in [0.25, 0.3) is 4.84 Å².